The summed E-state index contributed by atoms with van der Waals surface area (Å²) in [6.07, 6.45) is 2.66. The van der Waals surface area contributed by atoms with E-state index in [2.05, 4.69) is 17.8 Å². The lowest BCUT2D eigenvalue weighted by Crippen LogP contribution is -2.14. The molecule has 0 amide bonds. The molecule has 0 aromatic carbocycles. The number of hydrogen-bond acceptors (Lipinski definition) is 2. The predicted octanol–water partition coefficient (Wildman–Crippen LogP) is 0.240. The van der Waals surface area contributed by atoms with Gasteiger partial charge in [-0.05, 0) is 13.0 Å². The van der Waals surface area contributed by atoms with Gasteiger partial charge >= 0.3 is 5.97 Å². The van der Waals surface area contributed by atoms with Crippen LogP contribution in [0.3, 0.4) is 0 Å². The zero-order valence-electron chi connectivity index (χ0n) is 6.26. The molecule has 0 radical (unpaired) electrons. The third-order valence-corrected chi connectivity index (χ3v) is 0.934. The van der Waals surface area contributed by atoms with Crippen molar-refractivity contribution in [1.29, 1.82) is 0 Å². The Hall–Kier alpha value is -1.27. The molecule has 0 unspecified atom stereocenters. The van der Waals surface area contributed by atoms with Gasteiger partial charge in [-0.2, -0.15) is 0 Å². The Balaban J connectivity index is 3.22. The van der Waals surface area contributed by atoms with Crippen molar-refractivity contribution in [2.24, 2.45) is 0 Å². The lowest BCUT2D eigenvalue weighted by molar-refractivity contribution is -0.130. The first-order valence-corrected chi connectivity index (χ1v) is 3.30. The van der Waals surface area contributed by atoms with E-state index in [1.807, 2.05) is 5.92 Å². The van der Waals surface area contributed by atoms with Gasteiger partial charge in [0.1, 0.15) is 0 Å². The van der Waals surface area contributed by atoms with Crippen molar-refractivity contribution in [3.05, 3.63) is 12.7 Å². The molecule has 0 spiro atoms. The van der Waals surface area contributed by atoms with E-state index in [4.69, 9.17) is 5.11 Å². The lowest BCUT2D eigenvalue weighted by Gasteiger charge is -1.93. The van der Waals surface area contributed by atoms with Crippen molar-refractivity contribution in [3.8, 4) is 11.8 Å². The summed E-state index contributed by atoms with van der Waals surface area (Å²) in [5.74, 6) is 3.36. The predicted molar refractivity (Wildman–Crippen MR) is 43.1 cm³/mol. The highest BCUT2D eigenvalue weighted by Gasteiger charge is 1.82. The molecule has 0 aliphatic rings. The molecule has 3 heteroatoms. The Morgan fingerprint density at radius 1 is 1.73 bits per heavy atom. The van der Waals surface area contributed by atoms with Gasteiger partial charge in [0.2, 0.25) is 0 Å². The SMILES string of the molecule is C=CCCNCC#CC(=O)O. The fraction of sp³-hybridized carbons (Fsp3) is 0.375. The molecule has 0 aliphatic carbocycles. The van der Waals surface area contributed by atoms with Gasteiger partial charge in [-0.1, -0.05) is 12.0 Å². The molecule has 0 saturated carbocycles. The Morgan fingerprint density at radius 3 is 3.00 bits per heavy atom. The maximum atomic E-state index is 9.87. The fourth-order valence-corrected chi connectivity index (χ4v) is 0.475. The minimum Gasteiger partial charge on any atom is -0.472 e. The van der Waals surface area contributed by atoms with E-state index in [0.717, 1.165) is 13.0 Å². The van der Waals surface area contributed by atoms with Crippen molar-refractivity contribution in [1.82, 2.24) is 5.32 Å². The smallest absolute Gasteiger partial charge is 0.381 e. The summed E-state index contributed by atoms with van der Waals surface area (Å²) in [5, 5.41) is 11.0. The summed E-state index contributed by atoms with van der Waals surface area (Å²) < 4.78 is 0. The van der Waals surface area contributed by atoms with E-state index < -0.39 is 5.97 Å². The second kappa shape index (κ2) is 6.84. The molecule has 60 valence electrons. The summed E-state index contributed by atoms with van der Waals surface area (Å²) in [5.41, 5.74) is 0. The van der Waals surface area contributed by atoms with E-state index in [1.165, 1.54) is 0 Å². The molecule has 0 atom stereocenters. The van der Waals surface area contributed by atoms with Gasteiger partial charge in [0.15, 0.2) is 0 Å². The van der Waals surface area contributed by atoms with Gasteiger partial charge in [0.05, 0.1) is 6.54 Å². The monoisotopic (exact) mass is 153 g/mol. The summed E-state index contributed by atoms with van der Waals surface area (Å²) in [6.45, 7) is 4.74. The van der Waals surface area contributed by atoms with Crippen LogP contribution < -0.4 is 5.32 Å². The molecular weight excluding hydrogens is 142 g/mol. The largest absolute Gasteiger partial charge is 0.472 e. The average molecular weight is 153 g/mol. The number of carboxylic acids is 1. The number of aliphatic carboxylic acids is 1. The van der Waals surface area contributed by atoms with Crippen LogP contribution in [-0.4, -0.2) is 24.2 Å². The minimum absolute atomic E-state index is 0.417. The van der Waals surface area contributed by atoms with Crippen LogP contribution >= 0.6 is 0 Å². The number of hydrogen-bond donors (Lipinski definition) is 2. The van der Waals surface area contributed by atoms with Gasteiger partial charge in [-0.3, -0.25) is 0 Å². The van der Waals surface area contributed by atoms with Crippen molar-refractivity contribution in [3.63, 3.8) is 0 Å². The van der Waals surface area contributed by atoms with Gasteiger partial charge in [0, 0.05) is 5.92 Å². The molecule has 11 heavy (non-hydrogen) atoms. The van der Waals surface area contributed by atoms with Crippen LogP contribution in [-0.2, 0) is 4.79 Å². The fourth-order valence-electron chi connectivity index (χ4n) is 0.475. The van der Waals surface area contributed by atoms with E-state index >= 15 is 0 Å². The highest BCUT2D eigenvalue weighted by Crippen LogP contribution is 1.72. The molecule has 3 nitrogen and oxygen atoms in total. The average Bonchev–Trinajstić information content (AvgIpc) is 1.96. The quantitative estimate of drug-likeness (QED) is 0.345. The van der Waals surface area contributed by atoms with Crippen LogP contribution in [0.25, 0.3) is 0 Å². The Morgan fingerprint density at radius 2 is 2.45 bits per heavy atom. The zero-order valence-corrected chi connectivity index (χ0v) is 6.26. The zero-order chi connectivity index (χ0) is 8.53. The summed E-state index contributed by atoms with van der Waals surface area (Å²) in [4.78, 5) is 9.87. The van der Waals surface area contributed by atoms with Gasteiger partial charge in [0.25, 0.3) is 0 Å². The maximum Gasteiger partial charge on any atom is 0.381 e. The second-order valence-corrected chi connectivity index (χ2v) is 1.86. The highest BCUT2D eigenvalue weighted by atomic mass is 16.4. The summed E-state index contributed by atoms with van der Waals surface area (Å²) >= 11 is 0. The molecule has 0 aromatic rings. The molecule has 0 rings (SSSR count). The number of carboxylic acid groups (broad SMARTS) is 1. The third kappa shape index (κ3) is 8.73. The summed E-state index contributed by atoms with van der Waals surface area (Å²) in [7, 11) is 0. The van der Waals surface area contributed by atoms with E-state index in [0.29, 0.717) is 6.54 Å². The molecule has 2 N–H and O–H groups in total. The standard InChI is InChI=1S/C8H11NO2/c1-2-3-6-9-7-4-5-8(10)11/h2,9H,1,3,6-7H2,(H,10,11). The van der Waals surface area contributed by atoms with Crippen molar-refractivity contribution in [2.45, 2.75) is 6.42 Å². The van der Waals surface area contributed by atoms with Crippen molar-refractivity contribution >= 4 is 5.97 Å². The first kappa shape index (κ1) is 9.73. The Kier molecular flexibility index (Phi) is 6.05. The first-order valence-electron chi connectivity index (χ1n) is 3.30. The van der Waals surface area contributed by atoms with Crippen LogP contribution in [0, 0.1) is 11.8 Å². The third-order valence-electron chi connectivity index (χ3n) is 0.934. The number of carbonyl (C=O) groups is 1. The van der Waals surface area contributed by atoms with Crippen LogP contribution in [0.2, 0.25) is 0 Å². The highest BCUT2D eigenvalue weighted by molar-refractivity contribution is 5.86. The Labute approximate surface area is 66.1 Å². The topological polar surface area (TPSA) is 49.3 Å². The number of nitrogens with one attached hydrogen (secondary N) is 1. The number of rotatable bonds is 4. The minimum atomic E-state index is -1.09. The van der Waals surface area contributed by atoms with Crippen molar-refractivity contribution < 1.29 is 9.90 Å². The van der Waals surface area contributed by atoms with Crippen LogP contribution in [0.15, 0.2) is 12.7 Å². The summed E-state index contributed by atoms with van der Waals surface area (Å²) in [6, 6.07) is 0. The van der Waals surface area contributed by atoms with E-state index in [-0.39, 0.29) is 0 Å². The molecule has 0 heterocycles. The lowest BCUT2D eigenvalue weighted by atomic mass is 10.4. The van der Waals surface area contributed by atoms with Crippen LogP contribution in [0.4, 0.5) is 0 Å². The first-order chi connectivity index (χ1) is 5.27. The normalized spacial score (nSPS) is 8.00. The molecule has 0 saturated heterocycles. The maximum absolute atomic E-state index is 9.87. The molecule has 0 fully saturated rings. The molecular formula is C8H11NO2. The molecule has 0 aliphatic heterocycles. The Bertz CT molecular complexity index is 188. The van der Waals surface area contributed by atoms with Crippen molar-refractivity contribution in [2.75, 3.05) is 13.1 Å². The van der Waals surface area contributed by atoms with Crippen LogP contribution in [0.1, 0.15) is 6.42 Å². The molecule has 0 aromatic heterocycles. The van der Waals surface area contributed by atoms with Gasteiger partial charge in [-0.25, -0.2) is 4.79 Å². The van der Waals surface area contributed by atoms with Gasteiger partial charge in [-0.15, -0.1) is 6.58 Å². The van der Waals surface area contributed by atoms with E-state index in [9.17, 15) is 4.79 Å². The second-order valence-electron chi connectivity index (χ2n) is 1.86. The van der Waals surface area contributed by atoms with Gasteiger partial charge < -0.3 is 10.4 Å². The molecule has 0 bridgehead atoms. The van der Waals surface area contributed by atoms with E-state index in [1.54, 1.807) is 6.08 Å². The van der Waals surface area contributed by atoms with Crippen LogP contribution in [0.5, 0.6) is 0 Å².